The van der Waals surface area contributed by atoms with Crippen LogP contribution in [0.5, 0.6) is 11.5 Å². The van der Waals surface area contributed by atoms with Crippen LogP contribution >= 0.6 is 0 Å². The highest BCUT2D eigenvalue weighted by Crippen LogP contribution is 2.27. The fraction of sp³-hybridized carbons (Fsp3) is 0. The second kappa shape index (κ2) is 6.37. The number of rotatable bonds is 3. The average Bonchev–Trinajstić information content (AvgIpc) is 2.66. The van der Waals surface area contributed by atoms with Gasteiger partial charge in [0.05, 0.1) is 0 Å². The van der Waals surface area contributed by atoms with Gasteiger partial charge in [0.2, 0.25) is 0 Å². The minimum Gasteiger partial charge on any atom is -0.508 e. The van der Waals surface area contributed by atoms with Crippen molar-refractivity contribution in [3.8, 4) is 11.5 Å². The summed E-state index contributed by atoms with van der Waals surface area (Å²) in [6.07, 6.45) is 2.98. The van der Waals surface area contributed by atoms with Gasteiger partial charge in [-0.25, -0.2) is 0 Å². The van der Waals surface area contributed by atoms with Gasteiger partial charge in [0.1, 0.15) is 11.5 Å². The second-order valence-electron chi connectivity index (χ2n) is 6.16. The van der Waals surface area contributed by atoms with Crippen molar-refractivity contribution < 1.29 is 15.0 Å². The summed E-state index contributed by atoms with van der Waals surface area (Å²) in [7, 11) is 0. The summed E-state index contributed by atoms with van der Waals surface area (Å²) in [5, 5.41) is 23.5. The molecule has 0 heterocycles. The van der Waals surface area contributed by atoms with Crippen LogP contribution in [-0.2, 0) is 0 Å². The number of fused-ring (bicyclic) bond motifs is 3. The molecule has 3 nitrogen and oxygen atoms in total. The summed E-state index contributed by atoms with van der Waals surface area (Å²) in [5.41, 5.74) is 1.06. The van der Waals surface area contributed by atoms with Gasteiger partial charge >= 0.3 is 0 Å². The van der Waals surface area contributed by atoms with Gasteiger partial charge < -0.3 is 10.2 Å². The molecular formula is C23H16O3. The Hall–Kier alpha value is -3.59. The van der Waals surface area contributed by atoms with E-state index < -0.39 is 0 Å². The van der Waals surface area contributed by atoms with Crippen molar-refractivity contribution in [1.29, 1.82) is 0 Å². The normalized spacial score (nSPS) is 11.4. The van der Waals surface area contributed by atoms with Crippen molar-refractivity contribution in [2.75, 3.05) is 0 Å². The van der Waals surface area contributed by atoms with Crippen LogP contribution in [0.15, 0.2) is 78.9 Å². The lowest BCUT2D eigenvalue weighted by Gasteiger charge is -2.05. The third kappa shape index (κ3) is 2.91. The first-order valence-electron chi connectivity index (χ1n) is 8.28. The molecule has 0 bridgehead atoms. The number of aromatic hydroxyl groups is 2. The Labute approximate surface area is 150 Å². The van der Waals surface area contributed by atoms with Crippen molar-refractivity contribution in [2.45, 2.75) is 0 Å². The molecule has 0 spiro atoms. The quantitative estimate of drug-likeness (QED) is 0.302. The average molecular weight is 340 g/mol. The number of phenols is 2. The zero-order valence-corrected chi connectivity index (χ0v) is 13.9. The maximum Gasteiger partial charge on any atom is 0.185 e. The molecule has 26 heavy (non-hydrogen) atoms. The maximum atomic E-state index is 12.6. The lowest BCUT2D eigenvalue weighted by molar-refractivity contribution is 0.104. The van der Waals surface area contributed by atoms with E-state index in [4.69, 9.17) is 0 Å². The largest absolute Gasteiger partial charge is 0.508 e. The molecule has 2 N–H and O–H groups in total. The van der Waals surface area contributed by atoms with Gasteiger partial charge in [0, 0.05) is 17.2 Å². The van der Waals surface area contributed by atoms with Crippen LogP contribution in [0.25, 0.3) is 27.6 Å². The highest BCUT2D eigenvalue weighted by Gasteiger charge is 2.07. The Morgan fingerprint density at radius 3 is 2.31 bits per heavy atom. The Morgan fingerprint density at radius 1 is 0.769 bits per heavy atom. The molecule has 0 atom stereocenters. The van der Waals surface area contributed by atoms with Crippen LogP contribution in [0.1, 0.15) is 15.9 Å². The number of carbonyl (C=O) groups excluding carboxylic acids is 1. The van der Waals surface area contributed by atoms with E-state index in [0.29, 0.717) is 11.1 Å². The summed E-state index contributed by atoms with van der Waals surface area (Å²) in [5.74, 6) is -0.238. The molecular weight excluding hydrogens is 324 g/mol. The third-order valence-corrected chi connectivity index (χ3v) is 4.46. The van der Waals surface area contributed by atoms with Crippen LogP contribution in [0.2, 0.25) is 0 Å². The van der Waals surface area contributed by atoms with Gasteiger partial charge in [-0.3, -0.25) is 4.79 Å². The number of phenolic OH excluding ortho intramolecular Hbond substituents is 2. The number of carbonyl (C=O) groups is 1. The summed E-state index contributed by atoms with van der Waals surface area (Å²) < 4.78 is 0. The van der Waals surface area contributed by atoms with E-state index >= 15 is 0 Å². The smallest absolute Gasteiger partial charge is 0.185 e. The molecule has 3 heteroatoms. The molecule has 0 aliphatic carbocycles. The monoisotopic (exact) mass is 340 g/mol. The summed E-state index contributed by atoms with van der Waals surface area (Å²) in [6, 6.07) is 22.1. The van der Waals surface area contributed by atoms with Gasteiger partial charge in [-0.05, 0) is 51.9 Å². The Bertz CT molecular complexity index is 1170. The van der Waals surface area contributed by atoms with E-state index in [1.807, 2.05) is 24.3 Å². The molecule has 0 aromatic heterocycles. The Kier molecular flexibility index (Phi) is 3.90. The topological polar surface area (TPSA) is 57.5 Å². The molecule has 0 fully saturated rings. The lowest BCUT2D eigenvalue weighted by Crippen LogP contribution is -1.94. The number of ketones is 1. The predicted octanol–water partition coefficient (Wildman–Crippen LogP) is 5.30. The van der Waals surface area contributed by atoms with Gasteiger partial charge in [0.25, 0.3) is 0 Å². The van der Waals surface area contributed by atoms with Crippen LogP contribution < -0.4 is 0 Å². The highest BCUT2D eigenvalue weighted by molar-refractivity contribution is 6.13. The fourth-order valence-electron chi connectivity index (χ4n) is 3.09. The first kappa shape index (κ1) is 15.9. The van der Waals surface area contributed by atoms with E-state index in [1.165, 1.54) is 18.2 Å². The summed E-state index contributed by atoms with van der Waals surface area (Å²) in [4.78, 5) is 12.6. The number of hydrogen-bond donors (Lipinski definition) is 2. The van der Waals surface area contributed by atoms with E-state index in [2.05, 4.69) is 24.3 Å². The molecule has 126 valence electrons. The fourth-order valence-corrected chi connectivity index (χ4v) is 3.09. The maximum absolute atomic E-state index is 12.6. The summed E-state index contributed by atoms with van der Waals surface area (Å²) >= 11 is 0. The number of benzene rings is 4. The standard InChI is InChI=1S/C23H16O3/c24-19-11-9-17(23(26)14-19)10-12-22(25)18-8-7-16-6-5-15-3-1-2-4-20(15)21(16)13-18/h1-14,24,26H. The van der Waals surface area contributed by atoms with Crippen molar-refractivity contribution in [2.24, 2.45) is 0 Å². The van der Waals surface area contributed by atoms with Crippen molar-refractivity contribution in [1.82, 2.24) is 0 Å². The lowest BCUT2D eigenvalue weighted by atomic mass is 9.98. The van der Waals surface area contributed by atoms with Gasteiger partial charge in [-0.15, -0.1) is 0 Å². The van der Waals surface area contributed by atoms with Crippen LogP contribution in [-0.4, -0.2) is 16.0 Å². The molecule has 4 aromatic rings. The van der Waals surface area contributed by atoms with E-state index in [1.54, 1.807) is 18.2 Å². The third-order valence-electron chi connectivity index (χ3n) is 4.46. The molecule has 0 aliphatic rings. The highest BCUT2D eigenvalue weighted by atomic mass is 16.3. The second-order valence-corrected chi connectivity index (χ2v) is 6.16. The molecule has 4 aromatic carbocycles. The van der Waals surface area contributed by atoms with Crippen LogP contribution in [0.3, 0.4) is 0 Å². The minimum atomic E-state index is -0.146. The Morgan fingerprint density at radius 2 is 1.50 bits per heavy atom. The van der Waals surface area contributed by atoms with Crippen LogP contribution in [0, 0.1) is 0 Å². The van der Waals surface area contributed by atoms with Crippen LogP contribution in [0.4, 0.5) is 0 Å². The first-order chi connectivity index (χ1) is 12.6. The molecule has 0 amide bonds. The van der Waals surface area contributed by atoms with Crippen molar-refractivity contribution in [3.63, 3.8) is 0 Å². The Balaban J connectivity index is 1.72. The zero-order chi connectivity index (χ0) is 18.1. The molecule has 0 unspecified atom stereocenters. The molecule has 0 aliphatic heterocycles. The molecule has 0 saturated carbocycles. The van der Waals surface area contributed by atoms with Gasteiger partial charge in [0.15, 0.2) is 5.78 Å². The van der Waals surface area contributed by atoms with Crippen molar-refractivity contribution in [3.05, 3.63) is 90.0 Å². The van der Waals surface area contributed by atoms with Crippen molar-refractivity contribution >= 4 is 33.4 Å². The van der Waals surface area contributed by atoms with E-state index in [0.717, 1.165) is 21.5 Å². The first-order valence-corrected chi connectivity index (χ1v) is 8.28. The van der Waals surface area contributed by atoms with Gasteiger partial charge in [-0.2, -0.15) is 0 Å². The van der Waals surface area contributed by atoms with E-state index in [-0.39, 0.29) is 17.3 Å². The molecule has 4 rings (SSSR count). The summed E-state index contributed by atoms with van der Waals surface area (Å²) in [6.45, 7) is 0. The predicted molar refractivity (Wildman–Crippen MR) is 105 cm³/mol. The SMILES string of the molecule is O=C(C=Cc1ccc(O)cc1O)c1ccc2ccc3ccccc3c2c1. The molecule has 0 saturated heterocycles. The van der Waals surface area contributed by atoms with E-state index in [9.17, 15) is 15.0 Å². The number of allylic oxidation sites excluding steroid dienone is 1. The molecule has 0 radical (unpaired) electrons. The minimum absolute atomic E-state index is 0.0209. The number of hydrogen-bond acceptors (Lipinski definition) is 3. The zero-order valence-electron chi connectivity index (χ0n) is 13.9. The van der Waals surface area contributed by atoms with Gasteiger partial charge in [-0.1, -0.05) is 48.5 Å².